The normalized spacial score (nSPS) is 10.3. The molecule has 24 heavy (non-hydrogen) atoms. The van der Waals surface area contributed by atoms with Crippen molar-refractivity contribution in [2.45, 2.75) is 20.3 Å². The molecule has 1 aromatic carbocycles. The number of likely N-dealkylation sites (N-methyl/N-ethyl adjacent to an activating group) is 1. The zero-order chi connectivity index (χ0) is 17.5. The number of pyridine rings is 1. The topological polar surface area (TPSA) is 51.7 Å². The standard InChI is InChI=1S/C19H24N2O3/c1-5-21(13-10-15-8-11-20-12-9-15)19(22)16-6-7-17(23-3)14(2)18(16)24-4/h6-9,11-12H,5,10,13H2,1-4H3. The van der Waals surface area contributed by atoms with E-state index in [2.05, 4.69) is 4.98 Å². The number of hydrogen-bond acceptors (Lipinski definition) is 4. The largest absolute Gasteiger partial charge is 0.496 e. The summed E-state index contributed by atoms with van der Waals surface area (Å²) in [5.41, 5.74) is 2.55. The van der Waals surface area contributed by atoms with Crippen molar-refractivity contribution in [3.8, 4) is 11.5 Å². The molecule has 0 N–H and O–H groups in total. The van der Waals surface area contributed by atoms with Crippen LogP contribution < -0.4 is 9.47 Å². The molecule has 0 aliphatic heterocycles. The number of ether oxygens (including phenoxy) is 2. The molecule has 0 radical (unpaired) electrons. The van der Waals surface area contributed by atoms with Gasteiger partial charge in [0.2, 0.25) is 0 Å². The minimum absolute atomic E-state index is 0.0332. The monoisotopic (exact) mass is 328 g/mol. The Hall–Kier alpha value is -2.56. The van der Waals surface area contributed by atoms with Gasteiger partial charge in [-0.2, -0.15) is 0 Å². The van der Waals surface area contributed by atoms with Gasteiger partial charge < -0.3 is 14.4 Å². The Morgan fingerprint density at radius 2 is 1.83 bits per heavy atom. The lowest BCUT2D eigenvalue weighted by Gasteiger charge is -2.23. The fourth-order valence-electron chi connectivity index (χ4n) is 2.71. The molecular weight excluding hydrogens is 304 g/mol. The van der Waals surface area contributed by atoms with Crippen molar-refractivity contribution < 1.29 is 14.3 Å². The van der Waals surface area contributed by atoms with Gasteiger partial charge in [-0.15, -0.1) is 0 Å². The molecule has 0 saturated heterocycles. The van der Waals surface area contributed by atoms with Crippen LogP contribution in [0.1, 0.15) is 28.4 Å². The van der Waals surface area contributed by atoms with E-state index < -0.39 is 0 Å². The molecule has 0 atom stereocenters. The fraction of sp³-hybridized carbons (Fsp3) is 0.368. The lowest BCUT2D eigenvalue weighted by atomic mass is 10.1. The van der Waals surface area contributed by atoms with Gasteiger partial charge in [-0.3, -0.25) is 9.78 Å². The third-order valence-corrected chi connectivity index (χ3v) is 4.10. The van der Waals surface area contributed by atoms with Crippen LogP contribution in [0.25, 0.3) is 0 Å². The van der Waals surface area contributed by atoms with E-state index in [1.165, 1.54) is 0 Å². The van der Waals surface area contributed by atoms with Gasteiger partial charge in [-0.05, 0) is 50.1 Å². The summed E-state index contributed by atoms with van der Waals surface area (Å²) in [6.45, 7) is 5.15. The smallest absolute Gasteiger partial charge is 0.257 e. The van der Waals surface area contributed by atoms with Gasteiger partial charge in [0.1, 0.15) is 11.5 Å². The highest BCUT2D eigenvalue weighted by molar-refractivity contribution is 5.97. The number of carbonyl (C=O) groups is 1. The molecule has 2 rings (SSSR count). The Morgan fingerprint density at radius 3 is 2.42 bits per heavy atom. The summed E-state index contributed by atoms with van der Waals surface area (Å²) in [6, 6.07) is 7.51. The Bertz CT molecular complexity index is 687. The van der Waals surface area contributed by atoms with Crippen LogP contribution in [-0.2, 0) is 6.42 Å². The highest BCUT2D eigenvalue weighted by Gasteiger charge is 2.21. The number of rotatable bonds is 7. The molecule has 0 saturated carbocycles. The van der Waals surface area contributed by atoms with Crippen LogP contribution in [0.5, 0.6) is 11.5 Å². The van der Waals surface area contributed by atoms with E-state index >= 15 is 0 Å². The number of carbonyl (C=O) groups excluding carboxylic acids is 1. The number of benzene rings is 1. The fourth-order valence-corrected chi connectivity index (χ4v) is 2.71. The van der Waals surface area contributed by atoms with Crippen LogP contribution >= 0.6 is 0 Å². The number of amides is 1. The van der Waals surface area contributed by atoms with E-state index in [9.17, 15) is 4.79 Å². The van der Waals surface area contributed by atoms with Crippen LogP contribution in [0.2, 0.25) is 0 Å². The van der Waals surface area contributed by atoms with Gasteiger partial charge in [-0.25, -0.2) is 0 Å². The molecule has 0 aliphatic rings. The van der Waals surface area contributed by atoms with Gasteiger partial charge >= 0.3 is 0 Å². The summed E-state index contributed by atoms with van der Waals surface area (Å²) in [5.74, 6) is 1.25. The first-order valence-corrected chi connectivity index (χ1v) is 8.02. The predicted octanol–water partition coefficient (Wildman–Crippen LogP) is 3.11. The second-order valence-corrected chi connectivity index (χ2v) is 5.46. The van der Waals surface area contributed by atoms with Gasteiger partial charge in [-0.1, -0.05) is 0 Å². The van der Waals surface area contributed by atoms with Crippen molar-refractivity contribution in [3.05, 3.63) is 53.3 Å². The second kappa shape index (κ2) is 8.34. The molecule has 1 aromatic heterocycles. The molecule has 2 aromatic rings. The first-order valence-electron chi connectivity index (χ1n) is 8.02. The van der Waals surface area contributed by atoms with E-state index in [1.54, 1.807) is 32.7 Å². The molecule has 5 heteroatoms. The lowest BCUT2D eigenvalue weighted by Crippen LogP contribution is -2.33. The van der Waals surface area contributed by atoms with E-state index in [-0.39, 0.29) is 5.91 Å². The van der Waals surface area contributed by atoms with Crippen molar-refractivity contribution >= 4 is 5.91 Å². The minimum atomic E-state index is -0.0332. The summed E-state index contributed by atoms with van der Waals surface area (Å²) in [5, 5.41) is 0. The van der Waals surface area contributed by atoms with Gasteiger partial charge in [0.25, 0.3) is 5.91 Å². The number of aromatic nitrogens is 1. The Labute approximate surface area is 143 Å². The molecule has 1 amide bonds. The summed E-state index contributed by atoms with van der Waals surface area (Å²) < 4.78 is 10.8. The van der Waals surface area contributed by atoms with Crippen LogP contribution in [-0.4, -0.2) is 43.1 Å². The second-order valence-electron chi connectivity index (χ2n) is 5.46. The molecule has 0 aliphatic carbocycles. The van der Waals surface area contributed by atoms with Crippen LogP contribution in [0.3, 0.4) is 0 Å². The third-order valence-electron chi connectivity index (χ3n) is 4.10. The third kappa shape index (κ3) is 3.85. The molecular formula is C19H24N2O3. The molecule has 0 unspecified atom stereocenters. The quantitative estimate of drug-likeness (QED) is 0.784. The van der Waals surface area contributed by atoms with E-state index in [4.69, 9.17) is 9.47 Å². The maximum atomic E-state index is 12.9. The van der Waals surface area contributed by atoms with Gasteiger partial charge in [0.05, 0.1) is 19.8 Å². The van der Waals surface area contributed by atoms with Crippen molar-refractivity contribution in [3.63, 3.8) is 0 Å². The molecule has 0 fully saturated rings. The first-order chi connectivity index (χ1) is 11.6. The van der Waals surface area contributed by atoms with Crippen LogP contribution in [0.4, 0.5) is 0 Å². The zero-order valence-electron chi connectivity index (χ0n) is 14.7. The summed E-state index contributed by atoms with van der Waals surface area (Å²) >= 11 is 0. The molecule has 0 spiro atoms. The summed E-state index contributed by atoms with van der Waals surface area (Å²) in [7, 11) is 3.18. The van der Waals surface area contributed by atoms with Crippen LogP contribution in [0, 0.1) is 6.92 Å². The molecule has 1 heterocycles. The predicted molar refractivity (Wildman–Crippen MR) is 93.8 cm³/mol. The summed E-state index contributed by atoms with van der Waals surface area (Å²) in [4.78, 5) is 18.8. The lowest BCUT2D eigenvalue weighted by molar-refractivity contribution is 0.0762. The summed E-state index contributed by atoms with van der Waals surface area (Å²) in [6.07, 6.45) is 4.33. The minimum Gasteiger partial charge on any atom is -0.496 e. The Morgan fingerprint density at radius 1 is 1.12 bits per heavy atom. The van der Waals surface area contributed by atoms with Gasteiger partial charge in [0.15, 0.2) is 0 Å². The van der Waals surface area contributed by atoms with Crippen molar-refractivity contribution in [1.29, 1.82) is 0 Å². The van der Waals surface area contributed by atoms with Crippen LogP contribution in [0.15, 0.2) is 36.7 Å². The Kier molecular flexibility index (Phi) is 6.18. The highest BCUT2D eigenvalue weighted by atomic mass is 16.5. The number of hydrogen-bond donors (Lipinski definition) is 0. The number of nitrogens with zero attached hydrogens (tertiary/aromatic N) is 2. The SMILES string of the molecule is CCN(CCc1ccncc1)C(=O)c1ccc(OC)c(C)c1OC. The molecule has 0 bridgehead atoms. The average Bonchev–Trinajstić information content (AvgIpc) is 2.62. The van der Waals surface area contributed by atoms with E-state index in [0.717, 1.165) is 17.5 Å². The maximum absolute atomic E-state index is 12.9. The van der Waals surface area contributed by atoms with E-state index in [1.807, 2.05) is 36.9 Å². The average molecular weight is 328 g/mol. The maximum Gasteiger partial charge on any atom is 0.257 e. The molecule has 5 nitrogen and oxygen atoms in total. The highest BCUT2D eigenvalue weighted by Crippen LogP contribution is 2.32. The van der Waals surface area contributed by atoms with Crippen molar-refractivity contribution in [1.82, 2.24) is 9.88 Å². The molecule has 128 valence electrons. The van der Waals surface area contributed by atoms with Crippen molar-refractivity contribution in [2.24, 2.45) is 0 Å². The van der Waals surface area contributed by atoms with E-state index in [0.29, 0.717) is 30.2 Å². The number of methoxy groups -OCH3 is 2. The van der Waals surface area contributed by atoms with Gasteiger partial charge in [0, 0.05) is 31.0 Å². The Balaban J connectivity index is 2.20. The zero-order valence-corrected chi connectivity index (χ0v) is 14.7. The first kappa shape index (κ1) is 17.8. The van der Waals surface area contributed by atoms with Crippen molar-refractivity contribution in [2.75, 3.05) is 27.3 Å².